The molecule has 0 spiro atoms. The van der Waals surface area contributed by atoms with Crippen LogP contribution in [0.3, 0.4) is 0 Å². The monoisotopic (exact) mass is 285 g/mol. The zero-order valence-electron chi connectivity index (χ0n) is 11.7. The second-order valence-corrected chi connectivity index (χ2v) is 3.64. The van der Waals surface area contributed by atoms with E-state index in [-0.39, 0.29) is 35.8 Å². The Bertz CT molecular complexity index is 595. The van der Waals surface area contributed by atoms with Crippen LogP contribution in [-0.2, 0) is 0 Å². The minimum atomic E-state index is -0.361. The van der Waals surface area contributed by atoms with Crippen molar-refractivity contribution in [2.24, 2.45) is 0 Å². The molecule has 0 heterocycles. The van der Waals surface area contributed by atoms with E-state index >= 15 is 0 Å². The lowest BCUT2D eigenvalue weighted by atomic mass is 10.1. The molecule has 0 radical (unpaired) electrons. The summed E-state index contributed by atoms with van der Waals surface area (Å²) < 4.78 is 39.5. The second kappa shape index (κ2) is 3.92. The van der Waals surface area contributed by atoms with E-state index in [2.05, 4.69) is 22.6 Å². The third-order valence-corrected chi connectivity index (χ3v) is 2.58. The molecule has 0 nitrogen and oxygen atoms in total. The zero-order valence-corrected chi connectivity index (χ0v) is 8.84. The van der Waals surface area contributed by atoms with Crippen LogP contribution in [0.25, 0.3) is 11.1 Å². The number of halogens is 1. The summed E-state index contributed by atoms with van der Waals surface area (Å²) in [6, 6.07) is 5.96. The molecule has 2 aromatic carbocycles. The molecule has 0 fully saturated rings. The molecule has 0 atom stereocenters. The lowest BCUT2D eigenvalue weighted by molar-refractivity contribution is 1.58. The van der Waals surface area contributed by atoms with Gasteiger partial charge in [0, 0.05) is 3.57 Å². The first-order valence-corrected chi connectivity index (χ1v) is 4.85. The number of hydrogen-bond acceptors (Lipinski definition) is 0. The van der Waals surface area contributed by atoms with Crippen molar-refractivity contribution in [1.29, 1.82) is 0 Å². The zero-order chi connectivity index (χ0) is 13.4. The number of rotatable bonds is 1. The maximum Gasteiger partial charge on any atom is 0.0629 e. The van der Waals surface area contributed by atoms with Gasteiger partial charge in [0.05, 0.1) is 6.85 Å². The minimum Gasteiger partial charge on any atom is -0.0622 e. The van der Waals surface area contributed by atoms with Gasteiger partial charge in [0.15, 0.2) is 0 Å². The standard InChI is InChI=1S/C12H9I/c13-12-9-5-4-8-11(12)10-6-2-1-3-7-10/h1-9H/i1D,2D,3D,6D,7D. The van der Waals surface area contributed by atoms with Crippen LogP contribution >= 0.6 is 22.6 Å². The number of hydrogen-bond donors (Lipinski definition) is 0. The quantitative estimate of drug-likeness (QED) is 0.696. The van der Waals surface area contributed by atoms with E-state index in [4.69, 9.17) is 6.85 Å². The van der Waals surface area contributed by atoms with Crippen molar-refractivity contribution in [2.45, 2.75) is 0 Å². The largest absolute Gasteiger partial charge is 0.0629 e. The molecule has 64 valence electrons. The van der Waals surface area contributed by atoms with Gasteiger partial charge in [-0.25, -0.2) is 0 Å². The molecule has 0 unspecified atom stereocenters. The third kappa shape index (κ3) is 1.91. The Labute approximate surface area is 98.8 Å². The summed E-state index contributed by atoms with van der Waals surface area (Å²) in [4.78, 5) is 0. The van der Waals surface area contributed by atoms with Crippen LogP contribution in [0.5, 0.6) is 0 Å². The lowest BCUT2D eigenvalue weighted by Crippen LogP contribution is -1.80. The highest BCUT2D eigenvalue weighted by atomic mass is 127. The van der Waals surface area contributed by atoms with E-state index in [0.29, 0.717) is 5.56 Å². The predicted molar refractivity (Wildman–Crippen MR) is 64.6 cm³/mol. The van der Waals surface area contributed by atoms with Crippen molar-refractivity contribution in [3.8, 4) is 11.1 Å². The van der Waals surface area contributed by atoms with Gasteiger partial charge in [0.25, 0.3) is 0 Å². The van der Waals surface area contributed by atoms with Crippen LogP contribution in [0.1, 0.15) is 6.85 Å². The Morgan fingerprint density at radius 2 is 1.69 bits per heavy atom. The average molecular weight is 285 g/mol. The van der Waals surface area contributed by atoms with Crippen LogP contribution < -0.4 is 0 Å². The summed E-state index contributed by atoms with van der Waals surface area (Å²) in [5, 5.41) is 0. The lowest BCUT2D eigenvalue weighted by Gasteiger charge is -2.02. The summed E-state index contributed by atoms with van der Waals surface area (Å²) in [7, 11) is 0. The molecule has 0 amide bonds. The molecule has 0 aromatic heterocycles. The van der Waals surface area contributed by atoms with Crippen LogP contribution in [0.15, 0.2) is 54.5 Å². The first-order valence-electron chi connectivity index (χ1n) is 6.27. The van der Waals surface area contributed by atoms with Crippen molar-refractivity contribution in [1.82, 2.24) is 0 Å². The van der Waals surface area contributed by atoms with E-state index in [1.165, 1.54) is 0 Å². The van der Waals surface area contributed by atoms with Crippen LogP contribution in [-0.4, -0.2) is 0 Å². The second-order valence-electron chi connectivity index (χ2n) is 2.48. The summed E-state index contributed by atoms with van der Waals surface area (Å²) in [5.41, 5.74) is 0.918. The van der Waals surface area contributed by atoms with Crippen LogP contribution in [0.2, 0.25) is 0 Å². The highest BCUT2D eigenvalue weighted by Gasteiger charge is 1.99. The van der Waals surface area contributed by atoms with Crippen LogP contribution in [0.4, 0.5) is 0 Å². The van der Waals surface area contributed by atoms with E-state index < -0.39 is 0 Å². The van der Waals surface area contributed by atoms with Crippen molar-refractivity contribution >= 4 is 22.6 Å². The normalized spacial score (nSPS) is 15.3. The molecule has 1 heteroatoms. The first-order chi connectivity index (χ1) is 8.45. The molecule has 13 heavy (non-hydrogen) atoms. The summed E-state index contributed by atoms with van der Waals surface area (Å²) in [6.45, 7) is 0. The van der Waals surface area contributed by atoms with Gasteiger partial charge < -0.3 is 0 Å². The maximum absolute atomic E-state index is 7.89. The molecule has 0 aliphatic rings. The highest BCUT2D eigenvalue weighted by molar-refractivity contribution is 14.1. The van der Waals surface area contributed by atoms with Crippen molar-refractivity contribution < 1.29 is 6.85 Å². The molecule has 0 bridgehead atoms. The molecule has 0 aliphatic heterocycles. The highest BCUT2D eigenvalue weighted by Crippen LogP contribution is 2.24. The summed E-state index contributed by atoms with van der Waals surface area (Å²) in [5.74, 6) is 0. The van der Waals surface area contributed by atoms with Gasteiger partial charge in [-0.3, -0.25) is 0 Å². The molecule has 0 saturated carbocycles. The third-order valence-electron chi connectivity index (χ3n) is 1.64. The van der Waals surface area contributed by atoms with Crippen molar-refractivity contribution in [3.05, 3.63) is 58.0 Å². The molecule has 0 N–H and O–H groups in total. The fourth-order valence-electron chi connectivity index (χ4n) is 1.05. The molecule has 2 aromatic rings. The molecular formula is C12H9I. The van der Waals surface area contributed by atoms with Gasteiger partial charge in [-0.15, -0.1) is 0 Å². The summed E-state index contributed by atoms with van der Waals surface area (Å²) in [6.07, 6.45) is 0. The molecular weight excluding hydrogens is 271 g/mol. The topological polar surface area (TPSA) is 0 Å². The minimum absolute atomic E-state index is 0.162. The Kier molecular flexibility index (Phi) is 1.39. The smallest absolute Gasteiger partial charge is 0.0622 e. The number of benzene rings is 2. The molecule has 2 rings (SSSR count). The van der Waals surface area contributed by atoms with Gasteiger partial charge in [-0.05, 0) is 39.8 Å². The van der Waals surface area contributed by atoms with E-state index in [1.54, 1.807) is 12.1 Å². The van der Waals surface area contributed by atoms with Crippen LogP contribution in [0, 0.1) is 3.57 Å². The SMILES string of the molecule is [2H]c1c([2H])c([2H])c(-c2ccccc2I)c([2H])c1[2H]. The van der Waals surface area contributed by atoms with Gasteiger partial charge in [0.1, 0.15) is 0 Å². The Morgan fingerprint density at radius 3 is 2.38 bits per heavy atom. The predicted octanol–water partition coefficient (Wildman–Crippen LogP) is 3.96. The average Bonchev–Trinajstić information content (AvgIpc) is 2.36. The van der Waals surface area contributed by atoms with E-state index in [9.17, 15) is 0 Å². The summed E-state index contributed by atoms with van der Waals surface area (Å²) >= 11 is 2.09. The van der Waals surface area contributed by atoms with Crippen molar-refractivity contribution in [2.75, 3.05) is 0 Å². The van der Waals surface area contributed by atoms with Gasteiger partial charge >= 0.3 is 0 Å². The first kappa shape index (κ1) is 4.60. The maximum atomic E-state index is 7.89. The Morgan fingerprint density at radius 1 is 1.00 bits per heavy atom. The van der Waals surface area contributed by atoms with Gasteiger partial charge in [-0.2, -0.15) is 0 Å². The fourth-order valence-corrected chi connectivity index (χ4v) is 1.71. The van der Waals surface area contributed by atoms with Crippen molar-refractivity contribution in [3.63, 3.8) is 0 Å². The molecule has 0 aliphatic carbocycles. The van der Waals surface area contributed by atoms with Gasteiger partial charge in [-0.1, -0.05) is 48.4 Å². The van der Waals surface area contributed by atoms with E-state index in [1.807, 2.05) is 12.1 Å². The van der Waals surface area contributed by atoms with Gasteiger partial charge in [0.2, 0.25) is 0 Å². The Balaban J connectivity index is 2.85. The molecule has 0 saturated heterocycles. The van der Waals surface area contributed by atoms with E-state index in [0.717, 1.165) is 3.57 Å². The Hall–Kier alpha value is -0.830. The fraction of sp³-hybridized carbons (Fsp3) is 0.